The van der Waals surface area contributed by atoms with Gasteiger partial charge in [0.1, 0.15) is 0 Å². The first kappa shape index (κ1) is 8.50. The molecule has 0 aromatic rings. The molecule has 0 radical (unpaired) electrons. The van der Waals surface area contributed by atoms with Gasteiger partial charge in [-0.15, -0.1) is 13.2 Å². The predicted molar refractivity (Wildman–Crippen MR) is 44.0 cm³/mol. The Kier molecular flexibility index (Phi) is 2.47. The minimum atomic E-state index is -0.657. The summed E-state index contributed by atoms with van der Waals surface area (Å²) in [5.41, 5.74) is 0. The van der Waals surface area contributed by atoms with Gasteiger partial charge in [0.05, 0.1) is 12.2 Å². The Morgan fingerprint density at radius 2 is 1.82 bits per heavy atom. The van der Waals surface area contributed by atoms with Crippen LogP contribution in [-0.4, -0.2) is 22.4 Å². The van der Waals surface area contributed by atoms with Crippen LogP contribution >= 0.6 is 0 Å². The van der Waals surface area contributed by atoms with E-state index in [1.165, 1.54) is 0 Å². The van der Waals surface area contributed by atoms with Crippen molar-refractivity contribution in [3.8, 4) is 0 Å². The Balaban J connectivity index is 2.71. The molecule has 11 heavy (non-hydrogen) atoms. The summed E-state index contributed by atoms with van der Waals surface area (Å²) >= 11 is 0. The highest BCUT2D eigenvalue weighted by Gasteiger charge is 2.37. The summed E-state index contributed by atoms with van der Waals surface area (Å²) in [5.74, 6) is 0.153. The molecule has 0 bridgehead atoms. The lowest BCUT2D eigenvalue weighted by Gasteiger charge is -2.14. The molecule has 0 spiro atoms. The van der Waals surface area contributed by atoms with Crippen LogP contribution in [0, 0.1) is 11.8 Å². The van der Waals surface area contributed by atoms with Crippen molar-refractivity contribution in [2.45, 2.75) is 18.6 Å². The smallest absolute Gasteiger partial charge is 0.0867 e. The molecule has 2 heteroatoms. The molecule has 62 valence electrons. The van der Waals surface area contributed by atoms with Gasteiger partial charge in [0.25, 0.3) is 0 Å². The van der Waals surface area contributed by atoms with Crippen LogP contribution in [0.2, 0.25) is 0 Å². The van der Waals surface area contributed by atoms with E-state index in [1.807, 2.05) is 0 Å². The second kappa shape index (κ2) is 3.20. The van der Waals surface area contributed by atoms with Crippen LogP contribution in [0.15, 0.2) is 25.3 Å². The summed E-state index contributed by atoms with van der Waals surface area (Å²) in [6.07, 6.45) is 2.79. The Labute approximate surface area is 66.9 Å². The number of hydrogen-bond donors (Lipinski definition) is 2. The van der Waals surface area contributed by atoms with Gasteiger partial charge in [0, 0.05) is 5.92 Å². The number of aliphatic hydroxyl groups excluding tert-OH is 2. The van der Waals surface area contributed by atoms with E-state index in [9.17, 15) is 10.2 Å². The highest BCUT2D eigenvalue weighted by Crippen LogP contribution is 2.33. The maximum absolute atomic E-state index is 9.39. The highest BCUT2D eigenvalue weighted by molar-refractivity contribution is 5.04. The Bertz CT molecular complexity index is 165. The van der Waals surface area contributed by atoms with Crippen LogP contribution in [0.25, 0.3) is 0 Å². The zero-order valence-electron chi connectivity index (χ0n) is 6.48. The van der Waals surface area contributed by atoms with Crippen molar-refractivity contribution in [1.82, 2.24) is 0 Å². The third-order valence-electron chi connectivity index (χ3n) is 2.37. The van der Waals surface area contributed by atoms with Gasteiger partial charge < -0.3 is 10.2 Å². The zero-order valence-corrected chi connectivity index (χ0v) is 6.48. The lowest BCUT2D eigenvalue weighted by atomic mass is 9.95. The van der Waals surface area contributed by atoms with Crippen LogP contribution in [0.1, 0.15) is 6.42 Å². The molecule has 0 aliphatic heterocycles. The van der Waals surface area contributed by atoms with Gasteiger partial charge in [-0.05, 0) is 12.3 Å². The maximum atomic E-state index is 9.39. The Morgan fingerprint density at radius 1 is 1.18 bits per heavy atom. The number of rotatable bonds is 2. The van der Waals surface area contributed by atoms with E-state index in [0.29, 0.717) is 6.42 Å². The molecule has 1 saturated carbocycles. The average molecular weight is 154 g/mol. The van der Waals surface area contributed by atoms with E-state index in [2.05, 4.69) is 13.2 Å². The summed E-state index contributed by atoms with van der Waals surface area (Å²) in [6.45, 7) is 7.25. The number of aliphatic hydroxyl groups is 2. The SMILES string of the molecule is C=CC1CC(O)C(O)C1C=C. The van der Waals surface area contributed by atoms with Crippen molar-refractivity contribution >= 4 is 0 Å². The Morgan fingerprint density at radius 3 is 2.18 bits per heavy atom. The van der Waals surface area contributed by atoms with Gasteiger partial charge in [0.15, 0.2) is 0 Å². The lowest BCUT2D eigenvalue weighted by molar-refractivity contribution is 0.0296. The van der Waals surface area contributed by atoms with Crippen LogP contribution in [0.4, 0.5) is 0 Å². The van der Waals surface area contributed by atoms with Gasteiger partial charge >= 0.3 is 0 Å². The van der Waals surface area contributed by atoms with E-state index in [4.69, 9.17) is 0 Å². The fourth-order valence-corrected chi connectivity index (χ4v) is 1.65. The van der Waals surface area contributed by atoms with Crippen molar-refractivity contribution < 1.29 is 10.2 Å². The average Bonchev–Trinajstić information content (AvgIpc) is 2.28. The first-order valence-electron chi connectivity index (χ1n) is 3.82. The molecule has 0 saturated heterocycles. The van der Waals surface area contributed by atoms with Crippen molar-refractivity contribution in [1.29, 1.82) is 0 Å². The van der Waals surface area contributed by atoms with E-state index in [0.717, 1.165) is 0 Å². The molecule has 1 aliphatic rings. The molecule has 2 nitrogen and oxygen atoms in total. The van der Waals surface area contributed by atoms with Crippen LogP contribution < -0.4 is 0 Å². The van der Waals surface area contributed by atoms with Crippen LogP contribution in [0.3, 0.4) is 0 Å². The van der Waals surface area contributed by atoms with Gasteiger partial charge in [-0.2, -0.15) is 0 Å². The van der Waals surface area contributed by atoms with Crippen LogP contribution in [0.5, 0.6) is 0 Å². The normalized spacial score (nSPS) is 43.8. The quantitative estimate of drug-likeness (QED) is 0.575. The molecule has 2 N–H and O–H groups in total. The van der Waals surface area contributed by atoms with Gasteiger partial charge in [-0.25, -0.2) is 0 Å². The summed E-state index contributed by atoms with van der Waals surface area (Å²) in [6, 6.07) is 0. The molecule has 0 heterocycles. The molecule has 0 amide bonds. The van der Waals surface area contributed by atoms with E-state index < -0.39 is 12.2 Å². The first-order valence-corrected chi connectivity index (χ1v) is 3.82. The molecule has 0 aromatic carbocycles. The summed E-state index contributed by atoms with van der Waals surface area (Å²) in [5, 5.41) is 18.6. The minimum absolute atomic E-state index is 0.0255. The number of hydrogen-bond acceptors (Lipinski definition) is 2. The molecule has 1 fully saturated rings. The second-order valence-electron chi connectivity index (χ2n) is 3.01. The first-order chi connectivity index (χ1) is 5.20. The standard InChI is InChI=1S/C9H14O2/c1-3-6-5-8(10)9(11)7(6)4-2/h3-4,6-11H,1-2,5H2. The summed E-state index contributed by atoms with van der Waals surface area (Å²) in [4.78, 5) is 0. The van der Waals surface area contributed by atoms with Crippen molar-refractivity contribution in [2.24, 2.45) is 11.8 Å². The minimum Gasteiger partial charge on any atom is -0.390 e. The molecule has 4 unspecified atom stereocenters. The van der Waals surface area contributed by atoms with Crippen molar-refractivity contribution in [2.75, 3.05) is 0 Å². The topological polar surface area (TPSA) is 40.5 Å². The molecule has 4 atom stereocenters. The fraction of sp³-hybridized carbons (Fsp3) is 0.556. The van der Waals surface area contributed by atoms with Crippen molar-refractivity contribution in [3.63, 3.8) is 0 Å². The molecule has 1 rings (SSSR count). The van der Waals surface area contributed by atoms with Crippen molar-refractivity contribution in [3.05, 3.63) is 25.3 Å². The highest BCUT2D eigenvalue weighted by atomic mass is 16.3. The van der Waals surface area contributed by atoms with Gasteiger partial charge in [0.2, 0.25) is 0 Å². The predicted octanol–water partition coefficient (Wildman–Crippen LogP) is 0.716. The molecule has 1 aliphatic carbocycles. The zero-order chi connectivity index (χ0) is 8.43. The van der Waals surface area contributed by atoms with E-state index in [1.54, 1.807) is 12.2 Å². The molecule has 0 aromatic heterocycles. The monoisotopic (exact) mass is 154 g/mol. The molecular formula is C9H14O2. The lowest BCUT2D eigenvalue weighted by Crippen LogP contribution is -2.24. The summed E-state index contributed by atoms with van der Waals surface area (Å²) in [7, 11) is 0. The second-order valence-corrected chi connectivity index (χ2v) is 3.01. The largest absolute Gasteiger partial charge is 0.390 e. The third-order valence-corrected chi connectivity index (χ3v) is 2.37. The van der Waals surface area contributed by atoms with E-state index >= 15 is 0 Å². The van der Waals surface area contributed by atoms with Gasteiger partial charge in [-0.1, -0.05) is 12.2 Å². The van der Waals surface area contributed by atoms with E-state index in [-0.39, 0.29) is 11.8 Å². The molecular weight excluding hydrogens is 140 g/mol. The third kappa shape index (κ3) is 1.37. The Hall–Kier alpha value is -0.600. The van der Waals surface area contributed by atoms with Gasteiger partial charge in [-0.3, -0.25) is 0 Å². The maximum Gasteiger partial charge on any atom is 0.0867 e. The number of allylic oxidation sites excluding steroid dienone is 1. The fourth-order valence-electron chi connectivity index (χ4n) is 1.65. The van der Waals surface area contributed by atoms with Crippen LogP contribution in [-0.2, 0) is 0 Å². The summed E-state index contributed by atoms with van der Waals surface area (Å²) < 4.78 is 0.